The van der Waals surface area contributed by atoms with Gasteiger partial charge in [0, 0.05) is 31.9 Å². The molecular weight excluding hydrogens is 368 g/mol. The van der Waals surface area contributed by atoms with Gasteiger partial charge in [0.05, 0.1) is 6.04 Å². The van der Waals surface area contributed by atoms with E-state index in [2.05, 4.69) is 32.6 Å². The van der Waals surface area contributed by atoms with Gasteiger partial charge in [-0.1, -0.05) is 48.5 Å². The lowest BCUT2D eigenvalue weighted by atomic mass is 9.68. The Morgan fingerprint density at radius 2 is 1.59 bits per heavy atom. The number of imide groups is 2. The summed E-state index contributed by atoms with van der Waals surface area (Å²) in [5.41, 5.74) is 1.90. The number of urea groups is 1. The van der Waals surface area contributed by atoms with Gasteiger partial charge in [0.15, 0.2) is 5.41 Å². The number of nitrogens with one attached hydrogen (secondary N) is 2. The first kappa shape index (κ1) is 17.9. The van der Waals surface area contributed by atoms with Crippen molar-refractivity contribution in [3.63, 3.8) is 0 Å². The number of carbonyl (C=O) groups excluding carboxylic acids is 3. The van der Waals surface area contributed by atoms with Crippen molar-refractivity contribution in [2.45, 2.75) is 19.0 Å². The molecular formula is C22H22N4O3. The number of benzene rings is 2. The third-order valence-electron chi connectivity index (χ3n) is 6.32. The molecule has 148 valence electrons. The number of rotatable bonds is 2. The number of fused-ring (bicyclic) bond motifs is 4. The van der Waals surface area contributed by atoms with Gasteiger partial charge in [-0.25, -0.2) is 4.79 Å². The Bertz CT molecular complexity index is 971. The number of hydrogen-bond donors (Lipinski definition) is 2. The first-order valence-electron chi connectivity index (χ1n) is 9.85. The number of barbiturate groups is 1. The van der Waals surface area contributed by atoms with Gasteiger partial charge in [0.1, 0.15) is 0 Å². The van der Waals surface area contributed by atoms with Crippen LogP contribution >= 0.6 is 0 Å². The zero-order chi connectivity index (χ0) is 20.0. The summed E-state index contributed by atoms with van der Waals surface area (Å²) in [6.07, 6.45) is 0.286. The molecule has 0 aliphatic carbocycles. The second kappa shape index (κ2) is 6.70. The van der Waals surface area contributed by atoms with E-state index in [1.54, 1.807) is 0 Å². The molecule has 2 fully saturated rings. The molecule has 3 aliphatic heterocycles. The molecule has 5 rings (SSSR count). The van der Waals surface area contributed by atoms with E-state index in [0.717, 1.165) is 24.3 Å². The fourth-order valence-electron chi connectivity index (χ4n) is 4.92. The van der Waals surface area contributed by atoms with Crippen LogP contribution in [0.15, 0.2) is 54.6 Å². The lowest BCUT2D eigenvalue weighted by Crippen LogP contribution is -2.74. The number of amides is 4. The van der Waals surface area contributed by atoms with Crippen molar-refractivity contribution in [3.05, 3.63) is 65.7 Å². The minimum Gasteiger partial charge on any atom is -0.364 e. The van der Waals surface area contributed by atoms with Crippen LogP contribution < -0.4 is 15.5 Å². The molecule has 1 atom stereocenters. The van der Waals surface area contributed by atoms with E-state index in [4.69, 9.17) is 0 Å². The SMILES string of the molecule is O=C1NC(=O)C2(Cc3ccccc3N3CCN(Cc4ccccc4)CC32)C(=O)N1. The van der Waals surface area contributed by atoms with Gasteiger partial charge in [-0.3, -0.25) is 25.1 Å². The maximum atomic E-state index is 13.1. The summed E-state index contributed by atoms with van der Waals surface area (Å²) in [6, 6.07) is 17.0. The highest BCUT2D eigenvalue weighted by Crippen LogP contribution is 2.44. The third-order valence-corrected chi connectivity index (χ3v) is 6.32. The van der Waals surface area contributed by atoms with Crippen molar-refractivity contribution >= 4 is 23.5 Å². The van der Waals surface area contributed by atoms with Crippen molar-refractivity contribution in [1.82, 2.24) is 15.5 Å². The number of anilines is 1. The predicted molar refractivity (Wildman–Crippen MR) is 107 cm³/mol. The van der Waals surface area contributed by atoms with Crippen LogP contribution in [0.1, 0.15) is 11.1 Å². The highest BCUT2D eigenvalue weighted by atomic mass is 16.2. The molecule has 3 heterocycles. The van der Waals surface area contributed by atoms with Crippen LogP contribution in [0.4, 0.5) is 10.5 Å². The second-order valence-electron chi connectivity index (χ2n) is 7.94. The summed E-state index contributed by atoms with van der Waals surface area (Å²) in [7, 11) is 0. The largest absolute Gasteiger partial charge is 0.364 e. The number of para-hydroxylation sites is 1. The monoisotopic (exact) mass is 390 g/mol. The predicted octanol–water partition coefficient (Wildman–Crippen LogP) is 1.29. The maximum absolute atomic E-state index is 13.1. The van der Waals surface area contributed by atoms with Crippen molar-refractivity contribution < 1.29 is 14.4 Å². The molecule has 29 heavy (non-hydrogen) atoms. The van der Waals surface area contributed by atoms with E-state index < -0.39 is 23.3 Å². The van der Waals surface area contributed by atoms with Crippen molar-refractivity contribution in [3.8, 4) is 0 Å². The molecule has 2 aromatic carbocycles. The summed E-state index contributed by atoms with van der Waals surface area (Å²) < 4.78 is 0. The van der Waals surface area contributed by atoms with E-state index in [1.807, 2.05) is 42.5 Å². The van der Waals surface area contributed by atoms with Gasteiger partial charge in [0.2, 0.25) is 11.8 Å². The van der Waals surface area contributed by atoms with E-state index in [1.165, 1.54) is 5.56 Å². The van der Waals surface area contributed by atoms with E-state index in [-0.39, 0.29) is 12.5 Å². The van der Waals surface area contributed by atoms with E-state index in [0.29, 0.717) is 13.1 Å². The molecule has 7 nitrogen and oxygen atoms in total. The molecule has 3 aliphatic rings. The van der Waals surface area contributed by atoms with Crippen LogP contribution in [0, 0.1) is 5.41 Å². The first-order chi connectivity index (χ1) is 14.1. The zero-order valence-corrected chi connectivity index (χ0v) is 15.9. The van der Waals surface area contributed by atoms with E-state index in [9.17, 15) is 14.4 Å². The first-order valence-corrected chi connectivity index (χ1v) is 9.85. The number of carbonyl (C=O) groups is 3. The number of hydrogen-bond acceptors (Lipinski definition) is 5. The fraction of sp³-hybridized carbons (Fsp3) is 0.318. The maximum Gasteiger partial charge on any atom is 0.328 e. The van der Waals surface area contributed by atoms with Crippen LogP contribution in [0.5, 0.6) is 0 Å². The minimum absolute atomic E-state index is 0.286. The second-order valence-corrected chi connectivity index (χ2v) is 7.94. The Morgan fingerprint density at radius 3 is 2.34 bits per heavy atom. The van der Waals surface area contributed by atoms with Crippen LogP contribution in [0.3, 0.4) is 0 Å². The Hall–Kier alpha value is -3.19. The summed E-state index contributed by atoms with van der Waals surface area (Å²) >= 11 is 0. The molecule has 0 radical (unpaired) electrons. The molecule has 0 saturated carbocycles. The molecule has 2 N–H and O–H groups in total. The lowest BCUT2D eigenvalue weighted by molar-refractivity contribution is -0.147. The zero-order valence-electron chi connectivity index (χ0n) is 15.9. The van der Waals surface area contributed by atoms with Crippen molar-refractivity contribution in [2.24, 2.45) is 5.41 Å². The average Bonchev–Trinajstić information content (AvgIpc) is 2.72. The van der Waals surface area contributed by atoms with Gasteiger partial charge in [-0.15, -0.1) is 0 Å². The Morgan fingerprint density at radius 1 is 0.897 bits per heavy atom. The van der Waals surface area contributed by atoms with Crippen molar-refractivity contribution in [1.29, 1.82) is 0 Å². The Labute approximate surface area is 168 Å². The molecule has 2 aromatic rings. The highest BCUT2D eigenvalue weighted by Gasteiger charge is 2.60. The number of nitrogens with zero attached hydrogens (tertiary/aromatic N) is 2. The summed E-state index contributed by atoms with van der Waals surface area (Å²) in [5.74, 6) is -1.00. The Kier molecular flexibility index (Phi) is 4.13. The molecule has 7 heteroatoms. The van der Waals surface area contributed by atoms with Crippen LogP contribution in [0.25, 0.3) is 0 Å². The smallest absolute Gasteiger partial charge is 0.328 e. The topological polar surface area (TPSA) is 81.8 Å². The summed E-state index contributed by atoms with van der Waals surface area (Å²) in [4.78, 5) is 42.4. The van der Waals surface area contributed by atoms with Gasteiger partial charge in [-0.2, -0.15) is 0 Å². The standard InChI is InChI=1S/C22H22N4O3/c27-19-22(20(28)24-21(29)23-19)12-16-8-4-5-9-17(16)26-11-10-25(14-18(22)26)13-15-6-2-1-3-7-15/h1-9,18H,10-14H2,(H2,23,24,27,28,29). The fourth-order valence-corrected chi connectivity index (χ4v) is 4.92. The van der Waals surface area contributed by atoms with Crippen LogP contribution in [-0.2, 0) is 22.6 Å². The molecule has 1 spiro atoms. The number of piperazine rings is 1. The molecule has 4 amide bonds. The highest BCUT2D eigenvalue weighted by molar-refractivity contribution is 6.20. The third kappa shape index (κ3) is 2.81. The van der Waals surface area contributed by atoms with E-state index >= 15 is 0 Å². The van der Waals surface area contributed by atoms with Crippen LogP contribution in [0.2, 0.25) is 0 Å². The quantitative estimate of drug-likeness (QED) is 0.755. The molecule has 0 aromatic heterocycles. The molecule has 1 unspecified atom stereocenters. The summed E-state index contributed by atoms with van der Waals surface area (Å²) in [5, 5.41) is 4.69. The normalized spacial score (nSPS) is 23.2. The lowest BCUT2D eigenvalue weighted by Gasteiger charge is -2.54. The molecule has 0 bridgehead atoms. The Balaban J connectivity index is 1.53. The van der Waals surface area contributed by atoms with Gasteiger partial charge < -0.3 is 4.90 Å². The van der Waals surface area contributed by atoms with Gasteiger partial charge in [0.25, 0.3) is 0 Å². The average molecular weight is 390 g/mol. The van der Waals surface area contributed by atoms with Gasteiger partial charge in [-0.05, 0) is 23.6 Å². The van der Waals surface area contributed by atoms with Crippen LogP contribution in [-0.4, -0.2) is 48.4 Å². The molecule has 2 saturated heterocycles. The van der Waals surface area contributed by atoms with Crippen molar-refractivity contribution in [2.75, 3.05) is 24.5 Å². The minimum atomic E-state index is -1.32. The summed E-state index contributed by atoms with van der Waals surface area (Å²) in [6.45, 7) is 2.87. The van der Waals surface area contributed by atoms with Gasteiger partial charge >= 0.3 is 6.03 Å².